The lowest BCUT2D eigenvalue weighted by molar-refractivity contribution is 0.898. The summed E-state index contributed by atoms with van der Waals surface area (Å²) in [5.74, 6) is 0. The van der Waals surface area contributed by atoms with Crippen molar-refractivity contribution in [1.82, 2.24) is 4.57 Å². The molecule has 0 aliphatic heterocycles. The van der Waals surface area contributed by atoms with Crippen LogP contribution >= 0.6 is 0 Å². The summed E-state index contributed by atoms with van der Waals surface area (Å²) in [6.45, 7) is 11.7. The van der Waals surface area contributed by atoms with Gasteiger partial charge in [0.05, 0.1) is 0 Å². The van der Waals surface area contributed by atoms with Crippen molar-refractivity contribution < 1.29 is 0 Å². The van der Waals surface area contributed by atoms with Gasteiger partial charge in [-0.05, 0) is 31.6 Å². The van der Waals surface area contributed by atoms with Crippen LogP contribution in [0.2, 0.25) is 0 Å². The van der Waals surface area contributed by atoms with Crippen LogP contribution in [0.1, 0.15) is 29.4 Å². The van der Waals surface area contributed by atoms with E-state index in [1.165, 1.54) is 22.5 Å². The van der Waals surface area contributed by atoms with Crippen molar-refractivity contribution in [2.45, 2.75) is 13.8 Å². The summed E-state index contributed by atoms with van der Waals surface area (Å²) in [5.41, 5.74) is 4.84. The zero-order chi connectivity index (χ0) is 12.1. The van der Waals surface area contributed by atoms with Gasteiger partial charge < -0.3 is 4.57 Å². The first-order valence-corrected chi connectivity index (χ1v) is 5.40. The number of aromatic nitrogens is 1. The van der Waals surface area contributed by atoms with E-state index in [-0.39, 0.29) is 0 Å². The molecule has 0 aromatic carbocycles. The summed E-state index contributed by atoms with van der Waals surface area (Å²) in [6.07, 6.45) is 11.9. The Bertz CT molecular complexity index is 456. The number of allylic oxidation sites excluding steroid dienone is 3. The monoisotopic (exact) mass is 213 g/mol. The zero-order valence-corrected chi connectivity index (χ0v) is 10.3. The topological polar surface area (TPSA) is 4.93 Å². The molecule has 0 unspecified atom stereocenters. The maximum absolute atomic E-state index is 3.88. The molecular formula is C15H19N. The van der Waals surface area contributed by atoms with Crippen LogP contribution in [0.4, 0.5) is 0 Å². The Kier molecular flexibility index (Phi) is 4.12. The second kappa shape index (κ2) is 5.36. The van der Waals surface area contributed by atoms with Gasteiger partial charge in [-0.2, -0.15) is 0 Å². The van der Waals surface area contributed by atoms with E-state index in [1.54, 1.807) is 6.08 Å². The van der Waals surface area contributed by atoms with Crippen molar-refractivity contribution in [3.05, 3.63) is 53.9 Å². The van der Waals surface area contributed by atoms with Gasteiger partial charge in [0, 0.05) is 24.0 Å². The van der Waals surface area contributed by atoms with Gasteiger partial charge in [0.15, 0.2) is 0 Å². The standard InChI is InChI=1S/C15H19N/c1-6-9-11-14-12(4)13(8-3)15(10-7-2)16(14)5/h6-11H,1,3H2,2,4-5H3/b10-7-,11-9-. The molecule has 0 aliphatic carbocycles. The molecule has 1 heteroatoms. The minimum absolute atomic E-state index is 1.19. The summed E-state index contributed by atoms with van der Waals surface area (Å²) in [6, 6.07) is 0. The fourth-order valence-electron chi connectivity index (χ4n) is 1.91. The molecule has 1 aromatic rings. The van der Waals surface area contributed by atoms with Crippen LogP contribution in [0.25, 0.3) is 18.2 Å². The van der Waals surface area contributed by atoms with Gasteiger partial charge in [0.25, 0.3) is 0 Å². The molecule has 0 bridgehead atoms. The van der Waals surface area contributed by atoms with Crippen molar-refractivity contribution >= 4 is 18.2 Å². The number of nitrogens with zero attached hydrogens (tertiary/aromatic N) is 1. The van der Waals surface area contributed by atoms with Gasteiger partial charge in [-0.25, -0.2) is 0 Å². The minimum atomic E-state index is 1.19. The van der Waals surface area contributed by atoms with E-state index >= 15 is 0 Å². The van der Waals surface area contributed by atoms with Gasteiger partial charge in [-0.1, -0.05) is 37.5 Å². The predicted molar refractivity (Wildman–Crippen MR) is 74.2 cm³/mol. The van der Waals surface area contributed by atoms with E-state index < -0.39 is 0 Å². The first-order chi connectivity index (χ1) is 7.67. The van der Waals surface area contributed by atoms with E-state index in [0.717, 1.165) is 0 Å². The largest absolute Gasteiger partial charge is 0.344 e. The van der Waals surface area contributed by atoms with Gasteiger partial charge in [0.2, 0.25) is 0 Å². The summed E-state index contributed by atoms with van der Waals surface area (Å²) in [4.78, 5) is 0. The Hall–Kier alpha value is -1.76. The molecule has 0 N–H and O–H groups in total. The highest BCUT2D eigenvalue weighted by atomic mass is 15.0. The van der Waals surface area contributed by atoms with Crippen molar-refractivity contribution in [2.24, 2.45) is 7.05 Å². The third kappa shape index (κ3) is 2.08. The molecular weight excluding hydrogens is 194 g/mol. The second-order valence-corrected chi connectivity index (χ2v) is 3.67. The normalized spacial score (nSPS) is 11.4. The van der Waals surface area contributed by atoms with Crippen molar-refractivity contribution in [3.63, 3.8) is 0 Å². The lowest BCUT2D eigenvalue weighted by Gasteiger charge is -2.01. The van der Waals surface area contributed by atoms with Crippen molar-refractivity contribution in [2.75, 3.05) is 0 Å². The third-order valence-corrected chi connectivity index (χ3v) is 2.71. The van der Waals surface area contributed by atoms with Crippen LogP contribution < -0.4 is 0 Å². The summed E-state index contributed by atoms with van der Waals surface area (Å²) in [7, 11) is 2.07. The van der Waals surface area contributed by atoms with Gasteiger partial charge in [-0.3, -0.25) is 0 Å². The minimum Gasteiger partial charge on any atom is -0.344 e. The number of rotatable bonds is 4. The maximum Gasteiger partial charge on any atom is 0.0481 e. The summed E-state index contributed by atoms with van der Waals surface area (Å²) < 4.78 is 2.17. The van der Waals surface area contributed by atoms with E-state index in [9.17, 15) is 0 Å². The molecule has 0 saturated carbocycles. The maximum atomic E-state index is 3.88. The van der Waals surface area contributed by atoms with Gasteiger partial charge in [-0.15, -0.1) is 0 Å². The van der Waals surface area contributed by atoms with Gasteiger partial charge >= 0.3 is 0 Å². The Morgan fingerprint density at radius 3 is 2.31 bits per heavy atom. The van der Waals surface area contributed by atoms with Crippen molar-refractivity contribution in [3.8, 4) is 0 Å². The average Bonchev–Trinajstić information content (AvgIpc) is 2.50. The lowest BCUT2D eigenvalue weighted by atomic mass is 10.1. The Labute approximate surface area is 98.1 Å². The summed E-state index contributed by atoms with van der Waals surface area (Å²) in [5, 5.41) is 0. The SMILES string of the molecule is C=C/C=C\c1c(C)c(C=C)c(/C=C\C)n1C. The highest BCUT2D eigenvalue weighted by molar-refractivity contribution is 5.71. The van der Waals surface area contributed by atoms with Crippen LogP contribution in [0.15, 0.2) is 31.4 Å². The van der Waals surface area contributed by atoms with Crippen LogP contribution in [-0.2, 0) is 7.05 Å². The zero-order valence-electron chi connectivity index (χ0n) is 10.3. The predicted octanol–water partition coefficient (Wildman–Crippen LogP) is 4.21. The molecule has 0 radical (unpaired) electrons. The summed E-state index contributed by atoms with van der Waals surface area (Å²) >= 11 is 0. The third-order valence-electron chi connectivity index (χ3n) is 2.71. The smallest absolute Gasteiger partial charge is 0.0481 e. The molecule has 16 heavy (non-hydrogen) atoms. The van der Waals surface area contributed by atoms with Crippen LogP contribution in [0.5, 0.6) is 0 Å². The molecule has 0 spiro atoms. The lowest BCUT2D eigenvalue weighted by Crippen LogP contribution is -1.94. The highest BCUT2D eigenvalue weighted by Crippen LogP contribution is 2.25. The number of hydrogen-bond donors (Lipinski definition) is 0. The number of hydrogen-bond acceptors (Lipinski definition) is 0. The van der Waals surface area contributed by atoms with E-state index in [4.69, 9.17) is 0 Å². The van der Waals surface area contributed by atoms with Crippen LogP contribution in [-0.4, -0.2) is 4.57 Å². The molecule has 1 rings (SSSR count). The molecule has 0 saturated heterocycles. The molecule has 0 atom stereocenters. The van der Waals surface area contributed by atoms with Crippen molar-refractivity contribution in [1.29, 1.82) is 0 Å². The molecule has 1 heterocycles. The van der Waals surface area contributed by atoms with E-state index in [2.05, 4.69) is 43.8 Å². The van der Waals surface area contributed by atoms with Gasteiger partial charge in [0.1, 0.15) is 0 Å². The quantitative estimate of drug-likeness (QED) is 0.660. The molecule has 0 amide bonds. The second-order valence-electron chi connectivity index (χ2n) is 3.67. The van der Waals surface area contributed by atoms with Crippen LogP contribution in [0, 0.1) is 6.92 Å². The molecule has 1 aromatic heterocycles. The highest BCUT2D eigenvalue weighted by Gasteiger charge is 2.11. The molecule has 84 valence electrons. The Morgan fingerprint density at radius 2 is 1.81 bits per heavy atom. The van der Waals surface area contributed by atoms with E-state index in [0.29, 0.717) is 0 Å². The molecule has 0 aliphatic rings. The first kappa shape index (κ1) is 12.3. The Morgan fingerprint density at radius 1 is 1.12 bits per heavy atom. The van der Waals surface area contributed by atoms with E-state index in [1.807, 2.05) is 25.2 Å². The fourth-order valence-corrected chi connectivity index (χ4v) is 1.91. The molecule has 1 nitrogen and oxygen atoms in total. The van der Waals surface area contributed by atoms with Crippen LogP contribution in [0.3, 0.4) is 0 Å². The molecule has 0 fully saturated rings. The fraction of sp³-hybridized carbons (Fsp3) is 0.200. The first-order valence-electron chi connectivity index (χ1n) is 5.40. The average molecular weight is 213 g/mol. The Balaban J connectivity index is 3.46.